The molecule has 1 atom stereocenters. The van der Waals surface area contributed by atoms with Gasteiger partial charge in [0.25, 0.3) is 0 Å². The quantitative estimate of drug-likeness (QED) is 0.248. The van der Waals surface area contributed by atoms with Crippen LogP contribution in [-0.4, -0.2) is 9.81 Å². The summed E-state index contributed by atoms with van der Waals surface area (Å²) in [7, 11) is 0. The highest BCUT2D eigenvalue weighted by Gasteiger charge is 2.23. The average Bonchev–Trinajstić information content (AvgIpc) is 2.15. The van der Waals surface area contributed by atoms with Gasteiger partial charge in [0.2, 0.25) is 0 Å². The molecule has 1 aliphatic heterocycles. The molecule has 0 bridgehead atoms. The van der Waals surface area contributed by atoms with E-state index in [9.17, 15) is 0 Å². The topological polar surface area (TPSA) is 27.0 Å². The summed E-state index contributed by atoms with van der Waals surface area (Å²) in [6, 6.07) is 0. The van der Waals surface area contributed by atoms with Crippen molar-refractivity contribution >= 4 is 35.1 Å². The van der Waals surface area contributed by atoms with E-state index in [0.717, 1.165) is 0 Å². The molecule has 0 N–H and O–H groups in total. The van der Waals surface area contributed by atoms with E-state index in [1.807, 2.05) is 6.19 Å². The fourth-order valence-corrected chi connectivity index (χ4v) is 1.61. The summed E-state index contributed by atoms with van der Waals surface area (Å²) in [5, 5.41) is 10.5. The van der Waals surface area contributed by atoms with Crippen molar-refractivity contribution in [3.8, 4) is 6.19 Å². The van der Waals surface area contributed by atoms with E-state index in [4.69, 9.17) is 28.5 Å². The van der Waals surface area contributed by atoms with Gasteiger partial charge in [-0.3, -0.25) is 0 Å². The highest BCUT2D eigenvalue weighted by Crippen LogP contribution is 2.33. The van der Waals surface area contributed by atoms with Gasteiger partial charge in [0.1, 0.15) is 0 Å². The molecule has 5 heteroatoms. The van der Waals surface area contributed by atoms with Gasteiger partial charge >= 0.3 is 0 Å². The Morgan fingerprint density at radius 3 is 2.78 bits per heavy atom. The van der Waals surface area contributed by atoms with Crippen LogP contribution in [0.1, 0.15) is 0 Å². The van der Waals surface area contributed by atoms with Gasteiger partial charge in [-0.15, -0.1) is 0 Å². The van der Waals surface area contributed by atoms with Crippen molar-refractivity contribution in [1.82, 2.24) is 4.31 Å². The van der Waals surface area contributed by atoms with Crippen LogP contribution in [0.4, 0.5) is 0 Å². The standard InChI is InChI=1S/C4H2Cl2N2S/c5-3-1-9-8(2-7)4(3)6/h1,4H. The minimum Gasteiger partial charge on any atom is -0.226 e. The maximum Gasteiger partial charge on any atom is 0.192 e. The third kappa shape index (κ3) is 1.26. The number of hydrogen-bond donors (Lipinski definition) is 0. The molecule has 0 spiro atoms. The normalized spacial score (nSPS) is 25.7. The van der Waals surface area contributed by atoms with E-state index >= 15 is 0 Å². The van der Waals surface area contributed by atoms with E-state index in [1.54, 1.807) is 5.41 Å². The van der Waals surface area contributed by atoms with Gasteiger partial charge in [-0.05, 0) is 11.9 Å². The van der Waals surface area contributed by atoms with Crippen LogP contribution < -0.4 is 0 Å². The monoisotopic (exact) mass is 180 g/mol. The van der Waals surface area contributed by atoms with Crippen LogP contribution in [0.25, 0.3) is 0 Å². The zero-order chi connectivity index (χ0) is 6.85. The molecule has 0 fully saturated rings. The Morgan fingerprint density at radius 1 is 1.89 bits per heavy atom. The second-order valence-electron chi connectivity index (χ2n) is 1.37. The second kappa shape index (κ2) is 2.70. The van der Waals surface area contributed by atoms with Gasteiger partial charge in [-0.2, -0.15) is 5.26 Å². The summed E-state index contributed by atoms with van der Waals surface area (Å²) in [6.45, 7) is 0. The number of hydrogen-bond acceptors (Lipinski definition) is 3. The van der Waals surface area contributed by atoms with Crippen molar-refractivity contribution in [3.05, 3.63) is 10.4 Å². The number of rotatable bonds is 0. The second-order valence-corrected chi connectivity index (χ2v) is 3.06. The van der Waals surface area contributed by atoms with Gasteiger partial charge in [0, 0.05) is 5.41 Å². The van der Waals surface area contributed by atoms with Crippen LogP contribution in [0.3, 0.4) is 0 Å². The number of halogens is 2. The maximum atomic E-state index is 8.33. The first kappa shape index (κ1) is 7.07. The van der Waals surface area contributed by atoms with E-state index in [1.165, 1.54) is 16.3 Å². The first-order chi connectivity index (χ1) is 4.25. The number of nitriles is 1. The van der Waals surface area contributed by atoms with Gasteiger partial charge in [-0.1, -0.05) is 23.2 Å². The Kier molecular flexibility index (Phi) is 2.12. The Morgan fingerprint density at radius 2 is 2.56 bits per heavy atom. The molecule has 0 amide bonds. The Bertz CT molecular complexity index is 185. The fraction of sp³-hybridized carbons (Fsp3) is 0.250. The minimum atomic E-state index is -0.471. The maximum absolute atomic E-state index is 8.33. The molecule has 0 aromatic carbocycles. The van der Waals surface area contributed by atoms with Crippen molar-refractivity contribution < 1.29 is 0 Å². The van der Waals surface area contributed by atoms with Crippen LogP contribution in [0, 0.1) is 11.5 Å². The number of nitrogens with zero attached hydrogens (tertiary/aromatic N) is 2. The molecule has 1 rings (SSSR count). The SMILES string of the molecule is N#CN1SC=C(Cl)C1Cl. The lowest BCUT2D eigenvalue weighted by Gasteiger charge is -2.08. The van der Waals surface area contributed by atoms with Crippen LogP contribution in [0.15, 0.2) is 10.4 Å². The van der Waals surface area contributed by atoms with Crippen LogP contribution >= 0.6 is 35.1 Å². The molecule has 1 aliphatic rings. The Labute approximate surface area is 67.2 Å². The molecule has 2 nitrogen and oxygen atoms in total. The predicted molar refractivity (Wildman–Crippen MR) is 38.6 cm³/mol. The average molecular weight is 181 g/mol. The lowest BCUT2D eigenvalue weighted by Crippen LogP contribution is -2.13. The number of alkyl halides is 1. The molecule has 0 aromatic rings. The summed E-state index contributed by atoms with van der Waals surface area (Å²) >= 11 is 12.4. The molecule has 9 heavy (non-hydrogen) atoms. The van der Waals surface area contributed by atoms with E-state index in [2.05, 4.69) is 0 Å². The third-order valence-corrected chi connectivity index (χ3v) is 2.79. The summed E-state index contributed by atoms with van der Waals surface area (Å²) in [5.41, 5.74) is -0.471. The van der Waals surface area contributed by atoms with E-state index < -0.39 is 5.50 Å². The van der Waals surface area contributed by atoms with E-state index in [-0.39, 0.29) is 0 Å². The van der Waals surface area contributed by atoms with Gasteiger partial charge in [0.15, 0.2) is 11.7 Å². The predicted octanol–water partition coefficient (Wildman–Crippen LogP) is 2.08. The van der Waals surface area contributed by atoms with Crippen LogP contribution in [0.2, 0.25) is 0 Å². The Hall–Kier alpha value is -0.0400. The minimum absolute atomic E-state index is 0.471. The highest BCUT2D eigenvalue weighted by atomic mass is 35.5. The molecule has 1 unspecified atom stereocenters. The van der Waals surface area contributed by atoms with Gasteiger partial charge in [0.05, 0.1) is 5.03 Å². The van der Waals surface area contributed by atoms with Crippen molar-refractivity contribution in [3.63, 3.8) is 0 Å². The van der Waals surface area contributed by atoms with Gasteiger partial charge < -0.3 is 0 Å². The summed E-state index contributed by atoms with van der Waals surface area (Å²) in [4.78, 5) is 0. The van der Waals surface area contributed by atoms with Crippen molar-refractivity contribution in [2.75, 3.05) is 0 Å². The van der Waals surface area contributed by atoms with Crippen molar-refractivity contribution in [1.29, 1.82) is 5.26 Å². The molecular formula is C4H2Cl2N2S. The molecular weight excluding hydrogens is 179 g/mol. The zero-order valence-corrected chi connectivity index (χ0v) is 6.54. The first-order valence-corrected chi connectivity index (χ1v) is 3.76. The summed E-state index contributed by atoms with van der Waals surface area (Å²) < 4.78 is 1.31. The summed E-state index contributed by atoms with van der Waals surface area (Å²) in [6.07, 6.45) is 1.87. The molecule has 0 radical (unpaired) electrons. The fourth-order valence-electron chi connectivity index (χ4n) is 0.403. The van der Waals surface area contributed by atoms with Crippen molar-refractivity contribution in [2.24, 2.45) is 0 Å². The summed E-state index contributed by atoms with van der Waals surface area (Å²) in [5.74, 6) is 0. The lowest BCUT2D eigenvalue weighted by atomic mass is 10.6. The largest absolute Gasteiger partial charge is 0.226 e. The Balaban J connectivity index is 2.65. The van der Waals surface area contributed by atoms with Crippen LogP contribution in [0.5, 0.6) is 0 Å². The van der Waals surface area contributed by atoms with E-state index in [0.29, 0.717) is 5.03 Å². The smallest absolute Gasteiger partial charge is 0.192 e. The molecule has 1 heterocycles. The van der Waals surface area contributed by atoms with Gasteiger partial charge in [-0.25, -0.2) is 4.31 Å². The van der Waals surface area contributed by atoms with Crippen LogP contribution in [-0.2, 0) is 0 Å². The first-order valence-electron chi connectivity index (χ1n) is 2.11. The molecule has 0 saturated carbocycles. The molecule has 0 aromatic heterocycles. The molecule has 0 saturated heterocycles. The third-order valence-electron chi connectivity index (χ3n) is 0.811. The lowest BCUT2D eigenvalue weighted by molar-refractivity contribution is 0.676. The van der Waals surface area contributed by atoms with Crippen molar-refractivity contribution in [2.45, 2.75) is 5.50 Å². The zero-order valence-electron chi connectivity index (χ0n) is 4.21. The molecule has 48 valence electrons. The highest BCUT2D eigenvalue weighted by molar-refractivity contribution is 8.00. The molecule has 0 aliphatic carbocycles.